The van der Waals surface area contributed by atoms with E-state index in [0.717, 1.165) is 24.1 Å². The van der Waals surface area contributed by atoms with Crippen molar-refractivity contribution in [2.24, 2.45) is 0 Å². The van der Waals surface area contributed by atoms with Gasteiger partial charge in [-0.15, -0.1) is 0 Å². The first kappa shape index (κ1) is 25.3. The summed E-state index contributed by atoms with van der Waals surface area (Å²) < 4.78 is 16.5. The topological polar surface area (TPSA) is 93.9 Å². The number of amides is 2. The normalized spacial score (nSPS) is 13.9. The quantitative estimate of drug-likeness (QED) is 0.354. The number of aromatic nitrogens is 1. The lowest BCUT2D eigenvalue weighted by atomic mass is 9.89. The molecule has 8 nitrogen and oxygen atoms in total. The zero-order valence-corrected chi connectivity index (χ0v) is 22.0. The van der Waals surface area contributed by atoms with E-state index in [2.05, 4.69) is 10.3 Å². The Morgan fingerprint density at radius 3 is 2.24 bits per heavy atom. The summed E-state index contributed by atoms with van der Waals surface area (Å²) in [4.78, 5) is 32.2. The fraction of sp³-hybridized carbons (Fsp3) is 0.300. The maximum absolute atomic E-state index is 13.2. The van der Waals surface area contributed by atoms with E-state index in [-0.39, 0.29) is 17.6 Å². The molecular formula is C30H31N3O5. The largest absolute Gasteiger partial charge is 0.496 e. The van der Waals surface area contributed by atoms with Crippen molar-refractivity contribution in [2.75, 3.05) is 32.6 Å². The summed E-state index contributed by atoms with van der Waals surface area (Å²) in [5, 5.41) is 2.89. The maximum Gasteiger partial charge on any atom is 0.291 e. The summed E-state index contributed by atoms with van der Waals surface area (Å²) in [5.74, 6) is 1.51. The third-order valence-corrected chi connectivity index (χ3v) is 7.16. The van der Waals surface area contributed by atoms with Gasteiger partial charge in [0.25, 0.3) is 11.8 Å². The summed E-state index contributed by atoms with van der Waals surface area (Å²) in [6, 6.07) is 16.8. The highest BCUT2D eigenvalue weighted by molar-refractivity contribution is 6.04. The van der Waals surface area contributed by atoms with Gasteiger partial charge in [-0.05, 0) is 74.6 Å². The molecule has 2 aromatic heterocycles. The molecule has 8 heteroatoms. The Kier molecular flexibility index (Phi) is 7.05. The number of carbonyl (C=O) groups excluding carboxylic acids is 2. The summed E-state index contributed by atoms with van der Waals surface area (Å²) in [7, 11) is 3.19. The maximum atomic E-state index is 13.2. The van der Waals surface area contributed by atoms with E-state index in [4.69, 9.17) is 13.9 Å². The molecule has 0 saturated carbocycles. The van der Waals surface area contributed by atoms with Gasteiger partial charge in [-0.1, -0.05) is 12.1 Å². The lowest BCUT2D eigenvalue weighted by Gasteiger charge is -2.32. The van der Waals surface area contributed by atoms with Gasteiger partial charge in [0.1, 0.15) is 17.0 Å². The van der Waals surface area contributed by atoms with Gasteiger partial charge in [-0.2, -0.15) is 0 Å². The predicted molar refractivity (Wildman–Crippen MR) is 145 cm³/mol. The van der Waals surface area contributed by atoms with E-state index in [0.29, 0.717) is 52.9 Å². The van der Waals surface area contributed by atoms with Crippen molar-refractivity contribution in [1.82, 2.24) is 9.88 Å². The number of nitrogens with zero attached hydrogens (tertiary/aromatic N) is 2. The Morgan fingerprint density at radius 1 is 0.947 bits per heavy atom. The molecule has 0 aliphatic carbocycles. The van der Waals surface area contributed by atoms with Crippen molar-refractivity contribution in [3.8, 4) is 11.5 Å². The van der Waals surface area contributed by atoms with E-state index in [1.807, 2.05) is 55.1 Å². The molecule has 0 spiro atoms. The highest BCUT2D eigenvalue weighted by atomic mass is 16.5. The molecule has 1 aliphatic heterocycles. The van der Waals surface area contributed by atoms with E-state index < -0.39 is 0 Å². The summed E-state index contributed by atoms with van der Waals surface area (Å²) in [5.41, 5.74) is 5.44. The number of benzene rings is 2. The van der Waals surface area contributed by atoms with Gasteiger partial charge in [-0.3, -0.25) is 9.59 Å². The second-order valence-electron chi connectivity index (χ2n) is 9.60. The van der Waals surface area contributed by atoms with Crippen molar-refractivity contribution >= 4 is 28.6 Å². The summed E-state index contributed by atoms with van der Waals surface area (Å²) >= 11 is 0. The van der Waals surface area contributed by atoms with Crippen LogP contribution in [0, 0.1) is 13.8 Å². The lowest BCUT2D eigenvalue weighted by molar-refractivity contribution is 0.0712. The number of anilines is 1. The number of methoxy groups -OCH3 is 2. The molecule has 196 valence electrons. The Bertz CT molecular complexity index is 1460. The third kappa shape index (κ3) is 5.07. The molecule has 1 aliphatic rings. The van der Waals surface area contributed by atoms with Gasteiger partial charge in [0, 0.05) is 41.7 Å². The molecule has 0 bridgehead atoms. The first-order valence-corrected chi connectivity index (χ1v) is 12.7. The van der Waals surface area contributed by atoms with Crippen LogP contribution in [-0.2, 0) is 0 Å². The number of carbonyl (C=O) groups is 2. The first-order valence-electron chi connectivity index (χ1n) is 12.7. The highest BCUT2D eigenvalue weighted by Gasteiger charge is 2.26. The van der Waals surface area contributed by atoms with Crippen LogP contribution in [0.2, 0.25) is 0 Å². The van der Waals surface area contributed by atoms with Crippen LogP contribution in [0.3, 0.4) is 0 Å². The molecule has 4 aromatic rings. The molecule has 0 unspecified atom stereocenters. The average Bonchev–Trinajstić information content (AvgIpc) is 3.37. The van der Waals surface area contributed by atoms with Crippen molar-refractivity contribution in [3.63, 3.8) is 0 Å². The molecule has 1 N–H and O–H groups in total. The number of pyridine rings is 1. The van der Waals surface area contributed by atoms with Crippen LogP contribution in [0.4, 0.5) is 5.69 Å². The number of nitrogens with one attached hydrogen (secondary N) is 1. The minimum atomic E-state index is -0.315. The van der Waals surface area contributed by atoms with Crippen molar-refractivity contribution < 1.29 is 23.5 Å². The zero-order valence-electron chi connectivity index (χ0n) is 22.0. The molecule has 2 aromatic carbocycles. The zero-order chi connectivity index (χ0) is 26.8. The van der Waals surface area contributed by atoms with E-state index >= 15 is 0 Å². The summed E-state index contributed by atoms with van der Waals surface area (Å²) in [6.07, 6.45) is 1.73. The molecule has 5 rings (SSSR count). The van der Waals surface area contributed by atoms with E-state index in [1.165, 1.54) is 5.56 Å². The van der Waals surface area contributed by atoms with Crippen molar-refractivity contribution in [1.29, 1.82) is 0 Å². The van der Waals surface area contributed by atoms with Gasteiger partial charge in [-0.25, -0.2) is 4.98 Å². The molecule has 1 saturated heterocycles. The first-order chi connectivity index (χ1) is 18.4. The number of ether oxygens (including phenoxy) is 2. The number of hydrogen-bond acceptors (Lipinski definition) is 6. The molecule has 38 heavy (non-hydrogen) atoms. The monoisotopic (exact) mass is 513 g/mol. The standard InChI is InChI=1S/C30H31N3O5/c1-18-5-10-25-24(31-18)17-28(38-25)29(34)32-23-8-6-20(7-9-23)21-11-13-33(14-12-21)30(35)22-15-26(36-3)19(2)27(16-22)37-4/h5-10,15-17,21H,11-14H2,1-4H3,(H,32,34). The number of aryl methyl sites for hydroxylation is 1. The fourth-order valence-electron chi connectivity index (χ4n) is 4.98. The van der Waals surface area contributed by atoms with Gasteiger partial charge < -0.3 is 24.1 Å². The van der Waals surface area contributed by atoms with Gasteiger partial charge in [0.2, 0.25) is 0 Å². The molecular weight excluding hydrogens is 482 g/mol. The minimum absolute atomic E-state index is 0.0194. The van der Waals surface area contributed by atoms with Gasteiger partial charge >= 0.3 is 0 Å². The molecule has 3 heterocycles. The fourth-order valence-corrected chi connectivity index (χ4v) is 4.98. The third-order valence-electron chi connectivity index (χ3n) is 7.16. The predicted octanol–water partition coefficient (Wildman–Crippen LogP) is 5.73. The number of rotatable bonds is 6. The van der Waals surface area contributed by atoms with Crippen LogP contribution < -0.4 is 14.8 Å². The van der Waals surface area contributed by atoms with E-state index in [1.54, 1.807) is 32.4 Å². The van der Waals surface area contributed by atoms with Crippen LogP contribution >= 0.6 is 0 Å². The van der Waals surface area contributed by atoms with Gasteiger partial charge in [0.15, 0.2) is 11.3 Å². The number of hydrogen-bond donors (Lipinski definition) is 1. The Labute approximate surface area is 221 Å². The molecule has 1 fully saturated rings. The molecule has 0 atom stereocenters. The van der Waals surface area contributed by atoms with Crippen LogP contribution in [-0.4, -0.2) is 49.0 Å². The minimum Gasteiger partial charge on any atom is -0.496 e. The number of furan rings is 1. The Hall–Kier alpha value is -4.33. The van der Waals surface area contributed by atoms with Crippen LogP contribution in [0.1, 0.15) is 56.5 Å². The second kappa shape index (κ2) is 10.6. The van der Waals surface area contributed by atoms with Crippen molar-refractivity contribution in [3.05, 3.63) is 82.7 Å². The van der Waals surface area contributed by atoms with Crippen LogP contribution in [0.15, 0.2) is 59.0 Å². The number of likely N-dealkylation sites (tertiary alicyclic amines) is 1. The summed E-state index contributed by atoms with van der Waals surface area (Å²) in [6.45, 7) is 5.14. The lowest BCUT2D eigenvalue weighted by Crippen LogP contribution is -2.38. The second-order valence-corrected chi connectivity index (χ2v) is 9.60. The number of fused-ring (bicyclic) bond motifs is 1. The van der Waals surface area contributed by atoms with Gasteiger partial charge in [0.05, 0.1) is 14.2 Å². The van der Waals surface area contributed by atoms with Crippen LogP contribution in [0.5, 0.6) is 11.5 Å². The molecule has 0 radical (unpaired) electrons. The average molecular weight is 514 g/mol. The highest BCUT2D eigenvalue weighted by Crippen LogP contribution is 2.33. The Morgan fingerprint density at radius 2 is 1.61 bits per heavy atom. The Balaban J connectivity index is 1.19. The SMILES string of the molecule is COc1cc(C(=O)N2CCC(c3ccc(NC(=O)c4cc5nc(C)ccc5o4)cc3)CC2)cc(OC)c1C. The molecule has 2 amide bonds. The van der Waals surface area contributed by atoms with Crippen LogP contribution in [0.25, 0.3) is 11.1 Å². The number of piperidine rings is 1. The smallest absolute Gasteiger partial charge is 0.291 e. The van der Waals surface area contributed by atoms with E-state index in [9.17, 15) is 9.59 Å². The van der Waals surface area contributed by atoms with Crippen molar-refractivity contribution in [2.45, 2.75) is 32.6 Å².